The molecule has 1 aromatic carbocycles. The van der Waals surface area contributed by atoms with E-state index >= 15 is 0 Å². The number of ether oxygens (including phenoxy) is 1. The van der Waals surface area contributed by atoms with Crippen molar-refractivity contribution in [2.75, 3.05) is 25.4 Å². The highest BCUT2D eigenvalue weighted by molar-refractivity contribution is 7.92. The normalized spacial score (nSPS) is 16.0. The molecule has 0 bridgehead atoms. The third-order valence-electron chi connectivity index (χ3n) is 4.22. The molecule has 1 aromatic rings. The molecule has 1 fully saturated rings. The average Bonchev–Trinajstić information content (AvgIpc) is 2.58. The minimum atomic E-state index is -3.46. The van der Waals surface area contributed by atoms with Crippen molar-refractivity contribution in [3.63, 3.8) is 0 Å². The number of amides is 2. The van der Waals surface area contributed by atoms with Crippen LogP contribution in [0.15, 0.2) is 29.2 Å². The third kappa shape index (κ3) is 5.85. The topological polar surface area (TPSA) is 119 Å². The van der Waals surface area contributed by atoms with Gasteiger partial charge < -0.3 is 20.7 Å². The predicted molar refractivity (Wildman–Crippen MR) is 102 cm³/mol. The number of carbonyl (C=O) groups excluding carboxylic acids is 2. The van der Waals surface area contributed by atoms with E-state index in [0.29, 0.717) is 31.6 Å². The quantitative estimate of drug-likeness (QED) is 0.744. The van der Waals surface area contributed by atoms with Crippen LogP contribution in [0.3, 0.4) is 0 Å². The van der Waals surface area contributed by atoms with Gasteiger partial charge in [-0.2, -0.15) is 0 Å². The standard InChI is InChI=1S/C18H27N3O5S/c1-18(2,3)26-17(23)20-12-16(22)21-10-8-15(9-11-21)27(24,25)14-6-4-13(19)5-7-14/h4-7,15H,8-12,19H2,1-3H3,(H,20,23). The number of hydrogen-bond donors (Lipinski definition) is 2. The highest BCUT2D eigenvalue weighted by Crippen LogP contribution is 2.25. The Balaban J connectivity index is 1.86. The summed E-state index contributed by atoms with van der Waals surface area (Å²) in [6.07, 6.45) is 0.0483. The summed E-state index contributed by atoms with van der Waals surface area (Å²) in [5.41, 5.74) is 5.47. The van der Waals surface area contributed by atoms with Gasteiger partial charge in [0.2, 0.25) is 5.91 Å². The summed E-state index contributed by atoms with van der Waals surface area (Å²) < 4.78 is 30.5. The van der Waals surface area contributed by atoms with Crippen molar-refractivity contribution >= 4 is 27.5 Å². The Kier molecular flexibility index (Phi) is 6.35. The zero-order valence-electron chi connectivity index (χ0n) is 15.9. The number of hydrogen-bond acceptors (Lipinski definition) is 6. The van der Waals surface area contributed by atoms with Crippen molar-refractivity contribution in [2.45, 2.75) is 49.4 Å². The SMILES string of the molecule is CC(C)(C)OC(=O)NCC(=O)N1CCC(S(=O)(=O)c2ccc(N)cc2)CC1. The fourth-order valence-corrected chi connectivity index (χ4v) is 4.57. The lowest BCUT2D eigenvalue weighted by Gasteiger charge is -2.32. The van der Waals surface area contributed by atoms with E-state index in [1.807, 2.05) is 0 Å². The number of alkyl carbamates (subject to hydrolysis) is 1. The number of nitrogen functional groups attached to an aromatic ring is 1. The predicted octanol–water partition coefficient (Wildman–Crippen LogP) is 1.56. The summed E-state index contributed by atoms with van der Waals surface area (Å²) >= 11 is 0. The average molecular weight is 397 g/mol. The van der Waals surface area contributed by atoms with E-state index in [-0.39, 0.29) is 17.3 Å². The van der Waals surface area contributed by atoms with Gasteiger partial charge in [0.05, 0.1) is 10.1 Å². The van der Waals surface area contributed by atoms with Gasteiger partial charge in [0, 0.05) is 18.8 Å². The van der Waals surface area contributed by atoms with Crippen LogP contribution in [0.25, 0.3) is 0 Å². The molecule has 3 N–H and O–H groups in total. The van der Waals surface area contributed by atoms with Crippen LogP contribution in [0.5, 0.6) is 0 Å². The van der Waals surface area contributed by atoms with Gasteiger partial charge in [0.15, 0.2) is 9.84 Å². The zero-order chi connectivity index (χ0) is 20.2. The van der Waals surface area contributed by atoms with Crippen LogP contribution in [-0.2, 0) is 19.4 Å². The lowest BCUT2D eigenvalue weighted by molar-refractivity contribution is -0.131. The van der Waals surface area contributed by atoms with Gasteiger partial charge in [0.1, 0.15) is 12.1 Å². The number of likely N-dealkylation sites (tertiary alicyclic amines) is 1. The van der Waals surface area contributed by atoms with Crippen LogP contribution in [0.2, 0.25) is 0 Å². The van der Waals surface area contributed by atoms with E-state index in [0.717, 1.165) is 0 Å². The molecule has 1 heterocycles. The Bertz CT molecular complexity index is 776. The van der Waals surface area contributed by atoms with E-state index in [1.54, 1.807) is 37.8 Å². The van der Waals surface area contributed by atoms with Crippen LogP contribution in [0, 0.1) is 0 Å². The van der Waals surface area contributed by atoms with E-state index < -0.39 is 26.8 Å². The smallest absolute Gasteiger partial charge is 0.408 e. The van der Waals surface area contributed by atoms with Crippen molar-refractivity contribution in [1.29, 1.82) is 0 Å². The summed E-state index contributed by atoms with van der Waals surface area (Å²) in [6.45, 7) is 5.69. The molecule has 0 atom stereocenters. The Morgan fingerprint density at radius 3 is 2.26 bits per heavy atom. The molecular weight excluding hydrogens is 370 g/mol. The third-order valence-corrected chi connectivity index (χ3v) is 6.50. The van der Waals surface area contributed by atoms with E-state index in [9.17, 15) is 18.0 Å². The van der Waals surface area contributed by atoms with Crippen molar-refractivity contribution in [1.82, 2.24) is 10.2 Å². The fourth-order valence-electron chi connectivity index (χ4n) is 2.84. The summed E-state index contributed by atoms with van der Waals surface area (Å²) in [6, 6.07) is 6.14. The molecule has 2 amide bonds. The van der Waals surface area contributed by atoms with Crippen LogP contribution in [0.1, 0.15) is 33.6 Å². The lowest BCUT2D eigenvalue weighted by Crippen LogP contribution is -2.47. The van der Waals surface area contributed by atoms with Crippen LogP contribution >= 0.6 is 0 Å². The second kappa shape index (κ2) is 8.16. The summed E-state index contributed by atoms with van der Waals surface area (Å²) in [5, 5.41) is 1.89. The number of nitrogens with one attached hydrogen (secondary N) is 1. The van der Waals surface area contributed by atoms with E-state index in [2.05, 4.69) is 5.32 Å². The molecule has 0 saturated carbocycles. The number of sulfone groups is 1. The highest BCUT2D eigenvalue weighted by atomic mass is 32.2. The Morgan fingerprint density at radius 2 is 1.74 bits per heavy atom. The summed E-state index contributed by atoms with van der Waals surface area (Å²) in [7, 11) is -3.46. The minimum absolute atomic E-state index is 0.176. The Morgan fingerprint density at radius 1 is 1.19 bits per heavy atom. The Labute approximate surface area is 160 Å². The molecule has 9 heteroatoms. The maximum atomic E-state index is 12.7. The molecule has 150 valence electrons. The molecule has 1 aliphatic heterocycles. The largest absolute Gasteiger partial charge is 0.444 e. The number of rotatable bonds is 4. The number of carbonyl (C=O) groups is 2. The summed E-state index contributed by atoms with van der Waals surface area (Å²) in [5.74, 6) is -0.260. The van der Waals surface area contributed by atoms with Crippen LogP contribution in [-0.4, -0.2) is 55.8 Å². The van der Waals surface area contributed by atoms with Gasteiger partial charge in [-0.3, -0.25) is 4.79 Å². The van der Waals surface area contributed by atoms with Gasteiger partial charge in [-0.15, -0.1) is 0 Å². The minimum Gasteiger partial charge on any atom is -0.444 e. The van der Waals surface area contributed by atoms with Gasteiger partial charge >= 0.3 is 6.09 Å². The first-order valence-electron chi connectivity index (χ1n) is 8.83. The number of nitrogens with two attached hydrogens (primary N) is 1. The van der Waals surface area contributed by atoms with E-state index in [1.165, 1.54) is 12.1 Å². The molecule has 0 aromatic heterocycles. The first-order chi connectivity index (χ1) is 12.5. The second-order valence-corrected chi connectivity index (χ2v) is 9.78. The van der Waals surface area contributed by atoms with Crippen molar-refractivity contribution < 1.29 is 22.7 Å². The molecule has 1 aliphatic rings. The van der Waals surface area contributed by atoms with Crippen molar-refractivity contribution in [3.05, 3.63) is 24.3 Å². The molecule has 0 radical (unpaired) electrons. The molecule has 8 nitrogen and oxygen atoms in total. The maximum Gasteiger partial charge on any atom is 0.408 e. The highest BCUT2D eigenvalue weighted by Gasteiger charge is 2.32. The number of benzene rings is 1. The number of nitrogens with zero attached hydrogens (tertiary/aromatic N) is 1. The first kappa shape index (κ1) is 21.0. The fraction of sp³-hybridized carbons (Fsp3) is 0.556. The van der Waals surface area contributed by atoms with Gasteiger partial charge in [0.25, 0.3) is 0 Å². The van der Waals surface area contributed by atoms with Gasteiger partial charge in [-0.25, -0.2) is 13.2 Å². The van der Waals surface area contributed by atoms with Crippen LogP contribution < -0.4 is 11.1 Å². The number of anilines is 1. The first-order valence-corrected chi connectivity index (χ1v) is 10.4. The molecule has 27 heavy (non-hydrogen) atoms. The van der Waals surface area contributed by atoms with Crippen LogP contribution in [0.4, 0.5) is 10.5 Å². The molecular formula is C18H27N3O5S. The lowest BCUT2D eigenvalue weighted by atomic mass is 10.1. The van der Waals surface area contributed by atoms with E-state index in [4.69, 9.17) is 10.5 Å². The van der Waals surface area contributed by atoms with Gasteiger partial charge in [-0.1, -0.05) is 0 Å². The summed E-state index contributed by atoms with van der Waals surface area (Å²) in [4.78, 5) is 25.6. The molecule has 1 saturated heterocycles. The monoisotopic (exact) mass is 397 g/mol. The molecule has 0 spiro atoms. The second-order valence-electron chi connectivity index (χ2n) is 7.55. The van der Waals surface area contributed by atoms with Crippen molar-refractivity contribution in [2.24, 2.45) is 0 Å². The maximum absolute atomic E-state index is 12.7. The number of piperidine rings is 1. The molecule has 2 rings (SSSR count). The van der Waals surface area contributed by atoms with Crippen molar-refractivity contribution in [3.8, 4) is 0 Å². The zero-order valence-corrected chi connectivity index (χ0v) is 16.7. The Hall–Kier alpha value is -2.29. The molecule has 0 aliphatic carbocycles. The van der Waals surface area contributed by atoms with Gasteiger partial charge in [-0.05, 0) is 57.9 Å². The molecule has 0 unspecified atom stereocenters.